The smallest absolute Gasteiger partial charge is 0.343 e. The number of hydrogen-bond acceptors (Lipinski definition) is 5. The molecule has 1 heterocycles. The van der Waals surface area contributed by atoms with E-state index in [2.05, 4.69) is 0 Å². The fourth-order valence-electron chi connectivity index (χ4n) is 3.00. The van der Waals surface area contributed by atoms with E-state index >= 15 is 0 Å². The van der Waals surface area contributed by atoms with Gasteiger partial charge in [-0.25, -0.2) is 13.2 Å². The Morgan fingerprint density at radius 1 is 0.963 bits per heavy atom. The van der Waals surface area contributed by atoms with E-state index in [1.165, 1.54) is 34.6 Å². The van der Waals surface area contributed by atoms with Crippen molar-refractivity contribution in [1.82, 2.24) is 4.31 Å². The molecule has 0 aliphatic carbocycles. The number of nitriles is 1. The number of hydrogen-bond donors (Lipinski definition) is 0. The van der Waals surface area contributed by atoms with Gasteiger partial charge in [-0.15, -0.1) is 0 Å². The molecule has 0 unspecified atom stereocenters. The molecule has 2 aromatic carbocycles. The second-order valence-corrected chi connectivity index (χ2v) is 8.28. The number of carbonyl (C=O) groups excluding carboxylic acids is 1. The molecule has 1 saturated heterocycles. The van der Waals surface area contributed by atoms with Gasteiger partial charge in [0.1, 0.15) is 11.8 Å². The maximum absolute atomic E-state index is 12.8. The molecule has 0 amide bonds. The minimum Gasteiger partial charge on any atom is -0.422 e. The van der Waals surface area contributed by atoms with E-state index in [-0.39, 0.29) is 21.8 Å². The van der Waals surface area contributed by atoms with Crippen molar-refractivity contribution in [3.63, 3.8) is 0 Å². The highest BCUT2D eigenvalue weighted by atomic mass is 32.2. The van der Waals surface area contributed by atoms with Crippen molar-refractivity contribution in [2.45, 2.75) is 30.6 Å². The Balaban J connectivity index is 1.76. The monoisotopic (exact) mass is 384 g/mol. The molecule has 1 fully saturated rings. The molecule has 2 aromatic rings. The molecule has 0 N–H and O–H groups in total. The van der Waals surface area contributed by atoms with E-state index in [1.807, 2.05) is 6.07 Å². The van der Waals surface area contributed by atoms with Crippen molar-refractivity contribution in [3.05, 3.63) is 59.7 Å². The number of rotatable bonds is 4. The fourth-order valence-corrected chi connectivity index (χ4v) is 4.52. The van der Waals surface area contributed by atoms with Gasteiger partial charge in [0.25, 0.3) is 0 Å². The van der Waals surface area contributed by atoms with E-state index < -0.39 is 16.0 Å². The Kier molecular flexibility index (Phi) is 5.89. The number of nitrogens with zero attached hydrogens (tertiary/aromatic N) is 2. The molecule has 140 valence electrons. The van der Waals surface area contributed by atoms with Gasteiger partial charge in [-0.3, -0.25) is 0 Å². The summed E-state index contributed by atoms with van der Waals surface area (Å²) in [6, 6.07) is 14.1. The predicted octanol–water partition coefficient (Wildman–Crippen LogP) is 3.34. The molecule has 0 spiro atoms. The van der Waals surface area contributed by atoms with E-state index in [1.54, 1.807) is 18.2 Å². The molecule has 1 aliphatic rings. The third-order valence-electron chi connectivity index (χ3n) is 4.50. The van der Waals surface area contributed by atoms with Crippen LogP contribution in [0.2, 0.25) is 0 Å². The summed E-state index contributed by atoms with van der Waals surface area (Å²) in [6.45, 7) is 1.05. The normalized spacial score (nSPS) is 15.5. The van der Waals surface area contributed by atoms with Crippen LogP contribution in [0.25, 0.3) is 0 Å². The summed E-state index contributed by atoms with van der Waals surface area (Å²) in [5, 5.41) is 9.06. The summed E-state index contributed by atoms with van der Waals surface area (Å²) in [5.41, 5.74) is 0.476. The minimum absolute atomic E-state index is 0.165. The standard InChI is InChI=1S/C20H20N2O4S/c21-15-17-7-3-4-8-19(17)26-20(23)16-9-11-18(12-10-16)27(24,25)22-13-5-1-2-6-14-22/h3-4,7-12H,1-2,5-6,13-14H2. The lowest BCUT2D eigenvalue weighted by Gasteiger charge is -2.20. The molecule has 7 heteroatoms. The predicted molar refractivity (Wildman–Crippen MR) is 99.8 cm³/mol. The first kappa shape index (κ1) is 19.1. The minimum atomic E-state index is -3.56. The zero-order valence-corrected chi connectivity index (χ0v) is 15.6. The average Bonchev–Trinajstić information content (AvgIpc) is 2.98. The molecule has 27 heavy (non-hydrogen) atoms. The van der Waals surface area contributed by atoms with Crippen LogP contribution < -0.4 is 4.74 Å². The summed E-state index contributed by atoms with van der Waals surface area (Å²) >= 11 is 0. The van der Waals surface area contributed by atoms with Gasteiger partial charge in [-0.2, -0.15) is 9.57 Å². The van der Waals surface area contributed by atoms with Crippen LogP contribution in [0.5, 0.6) is 5.75 Å². The number of ether oxygens (including phenoxy) is 1. The largest absolute Gasteiger partial charge is 0.422 e. The van der Waals surface area contributed by atoms with Crippen LogP contribution >= 0.6 is 0 Å². The Morgan fingerprint density at radius 3 is 2.22 bits per heavy atom. The Labute approximate surface area is 159 Å². The second kappa shape index (κ2) is 8.33. The van der Waals surface area contributed by atoms with Crippen LogP contribution in [-0.4, -0.2) is 31.8 Å². The lowest BCUT2D eigenvalue weighted by Crippen LogP contribution is -2.31. The van der Waals surface area contributed by atoms with Gasteiger partial charge >= 0.3 is 5.97 Å². The Hall–Kier alpha value is -2.69. The Morgan fingerprint density at radius 2 is 1.59 bits per heavy atom. The second-order valence-electron chi connectivity index (χ2n) is 6.34. The van der Waals surface area contributed by atoms with E-state index in [9.17, 15) is 13.2 Å². The first-order valence-electron chi connectivity index (χ1n) is 8.84. The van der Waals surface area contributed by atoms with E-state index in [4.69, 9.17) is 10.00 Å². The van der Waals surface area contributed by atoms with Gasteiger partial charge in [0, 0.05) is 13.1 Å². The summed E-state index contributed by atoms with van der Waals surface area (Å²) in [6.07, 6.45) is 3.81. The van der Waals surface area contributed by atoms with Crippen molar-refractivity contribution < 1.29 is 17.9 Å². The number of esters is 1. The number of sulfonamides is 1. The van der Waals surface area contributed by atoms with Gasteiger partial charge in [0.15, 0.2) is 0 Å². The summed E-state index contributed by atoms with van der Waals surface area (Å²) in [5.74, 6) is -0.470. The van der Waals surface area contributed by atoms with Crippen LogP contribution in [0.4, 0.5) is 0 Å². The van der Waals surface area contributed by atoms with E-state index in [0.29, 0.717) is 13.1 Å². The van der Waals surface area contributed by atoms with E-state index in [0.717, 1.165) is 25.7 Å². The highest BCUT2D eigenvalue weighted by molar-refractivity contribution is 7.89. The molecular formula is C20H20N2O4S. The van der Waals surface area contributed by atoms with Crippen LogP contribution in [0, 0.1) is 11.3 Å². The molecule has 0 aromatic heterocycles. The van der Waals surface area contributed by atoms with Gasteiger partial charge < -0.3 is 4.74 Å². The van der Waals surface area contributed by atoms with Crippen LogP contribution in [0.15, 0.2) is 53.4 Å². The third kappa shape index (κ3) is 4.35. The zero-order chi connectivity index (χ0) is 19.3. The highest BCUT2D eigenvalue weighted by Gasteiger charge is 2.25. The van der Waals surface area contributed by atoms with Crippen molar-refractivity contribution in [1.29, 1.82) is 5.26 Å². The highest BCUT2D eigenvalue weighted by Crippen LogP contribution is 2.22. The molecule has 0 bridgehead atoms. The van der Waals surface area contributed by atoms with Crippen LogP contribution in [-0.2, 0) is 10.0 Å². The molecular weight excluding hydrogens is 364 g/mol. The topological polar surface area (TPSA) is 87.5 Å². The van der Waals surface area contributed by atoms with Gasteiger partial charge in [0.2, 0.25) is 10.0 Å². The van der Waals surface area contributed by atoms with Crippen molar-refractivity contribution in [2.75, 3.05) is 13.1 Å². The molecule has 0 radical (unpaired) electrons. The molecule has 3 rings (SSSR count). The number of para-hydroxylation sites is 1. The first-order chi connectivity index (χ1) is 13.0. The average molecular weight is 384 g/mol. The molecule has 0 atom stereocenters. The van der Waals surface area contributed by atoms with Gasteiger partial charge in [0.05, 0.1) is 16.0 Å². The van der Waals surface area contributed by atoms with Crippen LogP contribution in [0.1, 0.15) is 41.6 Å². The van der Waals surface area contributed by atoms with Crippen LogP contribution in [0.3, 0.4) is 0 Å². The molecule has 6 nitrogen and oxygen atoms in total. The maximum Gasteiger partial charge on any atom is 0.343 e. The van der Waals surface area contributed by atoms with Crippen molar-refractivity contribution >= 4 is 16.0 Å². The fraction of sp³-hybridized carbons (Fsp3) is 0.300. The lowest BCUT2D eigenvalue weighted by molar-refractivity contribution is 0.0734. The quantitative estimate of drug-likeness (QED) is 0.596. The van der Waals surface area contributed by atoms with Crippen molar-refractivity contribution in [2.24, 2.45) is 0 Å². The van der Waals surface area contributed by atoms with Crippen molar-refractivity contribution in [3.8, 4) is 11.8 Å². The SMILES string of the molecule is N#Cc1ccccc1OC(=O)c1ccc(S(=O)(=O)N2CCCCCC2)cc1. The first-order valence-corrected chi connectivity index (χ1v) is 10.3. The molecule has 0 saturated carbocycles. The summed E-state index contributed by atoms with van der Waals surface area (Å²) < 4.78 is 32.3. The lowest BCUT2D eigenvalue weighted by atomic mass is 10.2. The Bertz CT molecular complexity index is 954. The van der Waals surface area contributed by atoms with Gasteiger partial charge in [-0.05, 0) is 49.2 Å². The maximum atomic E-state index is 12.8. The summed E-state index contributed by atoms with van der Waals surface area (Å²) in [7, 11) is -3.56. The number of benzene rings is 2. The number of carbonyl (C=O) groups is 1. The third-order valence-corrected chi connectivity index (χ3v) is 6.42. The van der Waals surface area contributed by atoms with Gasteiger partial charge in [-0.1, -0.05) is 25.0 Å². The molecule has 1 aliphatic heterocycles. The zero-order valence-electron chi connectivity index (χ0n) is 14.8. The summed E-state index contributed by atoms with van der Waals surface area (Å²) in [4.78, 5) is 12.5.